The van der Waals surface area contributed by atoms with Crippen molar-refractivity contribution < 1.29 is 4.79 Å². The van der Waals surface area contributed by atoms with Gasteiger partial charge in [0.15, 0.2) is 11.0 Å². The number of amides is 1. The molecule has 0 bridgehead atoms. The fourth-order valence-electron chi connectivity index (χ4n) is 3.38. The summed E-state index contributed by atoms with van der Waals surface area (Å²) in [7, 11) is 0. The zero-order valence-electron chi connectivity index (χ0n) is 20.3. The second-order valence-corrected chi connectivity index (χ2v) is 9.97. The summed E-state index contributed by atoms with van der Waals surface area (Å²) in [6.45, 7) is 6.18. The molecule has 3 aromatic carbocycles. The molecule has 0 aliphatic carbocycles. The number of rotatable bonds is 9. The van der Waals surface area contributed by atoms with Crippen LogP contribution < -0.4 is 10.7 Å². The van der Waals surface area contributed by atoms with Gasteiger partial charge >= 0.3 is 0 Å². The van der Waals surface area contributed by atoms with E-state index in [1.807, 2.05) is 104 Å². The molecule has 1 heterocycles. The SMILES string of the molecule is C/C(=N\NC(=O)[C@@H](C)Sc1nnc(CNc2ccc(Cl)cc2)n1-c1ccccc1)c1ccc(C)cc1. The van der Waals surface area contributed by atoms with E-state index >= 15 is 0 Å². The van der Waals surface area contributed by atoms with E-state index in [0.717, 1.165) is 28.5 Å². The molecular formula is C27H27ClN6OS. The fourth-order valence-corrected chi connectivity index (χ4v) is 4.38. The molecule has 9 heteroatoms. The van der Waals surface area contributed by atoms with Crippen molar-refractivity contribution >= 4 is 40.7 Å². The van der Waals surface area contributed by atoms with Crippen LogP contribution in [-0.4, -0.2) is 31.6 Å². The molecule has 0 radical (unpaired) electrons. The van der Waals surface area contributed by atoms with Crippen molar-refractivity contribution in [1.82, 2.24) is 20.2 Å². The Labute approximate surface area is 220 Å². The highest BCUT2D eigenvalue weighted by atomic mass is 35.5. The van der Waals surface area contributed by atoms with Gasteiger partial charge < -0.3 is 5.32 Å². The van der Waals surface area contributed by atoms with Crippen LogP contribution in [-0.2, 0) is 11.3 Å². The minimum Gasteiger partial charge on any atom is -0.378 e. The standard InChI is InChI=1S/C27H27ClN6OS/c1-18-9-11-21(12-10-18)19(2)30-32-26(35)20(3)36-27-33-31-25(34(27)24-7-5-4-6-8-24)17-29-23-15-13-22(28)14-16-23/h4-16,20,29H,17H2,1-3H3,(H,32,35)/b30-19+/t20-/m1/s1. The van der Waals surface area contributed by atoms with E-state index in [1.54, 1.807) is 0 Å². The van der Waals surface area contributed by atoms with Crippen molar-refractivity contribution in [3.63, 3.8) is 0 Å². The molecule has 1 amide bonds. The van der Waals surface area contributed by atoms with E-state index in [0.29, 0.717) is 16.7 Å². The Morgan fingerprint density at radius 1 is 1.03 bits per heavy atom. The first-order chi connectivity index (χ1) is 17.4. The number of carbonyl (C=O) groups excluding carboxylic acids is 1. The molecule has 184 valence electrons. The largest absolute Gasteiger partial charge is 0.378 e. The number of nitrogens with zero attached hydrogens (tertiary/aromatic N) is 4. The predicted molar refractivity (Wildman–Crippen MR) is 147 cm³/mol. The van der Waals surface area contributed by atoms with Crippen molar-refractivity contribution in [2.45, 2.75) is 37.7 Å². The average molecular weight is 519 g/mol. The van der Waals surface area contributed by atoms with Crippen molar-refractivity contribution in [2.24, 2.45) is 5.10 Å². The second kappa shape index (κ2) is 11.9. The Balaban J connectivity index is 1.48. The third-order valence-electron chi connectivity index (χ3n) is 5.46. The second-order valence-electron chi connectivity index (χ2n) is 8.23. The van der Waals surface area contributed by atoms with Gasteiger partial charge in [0.1, 0.15) is 0 Å². The van der Waals surface area contributed by atoms with Gasteiger partial charge in [-0.05, 0) is 62.7 Å². The van der Waals surface area contributed by atoms with Gasteiger partial charge in [-0.15, -0.1) is 10.2 Å². The van der Waals surface area contributed by atoms with Gasteiger partial charge in [0.05, 0.1) is 17.5 Å². The number of thioether (sulfide) groups is 1. The van der Waals surface area contributed by atoms with Crippen LogP contribution in [0.2, 0.25) is 5.02 Å². The molecule has 0 saturated carbocycles. The number of hydrogen-bond donors (Lipinski definition) is 2. The Morgan fingerprint density at radius 3 is 2.42 bits per heavy atom. The lowest BCUT2D eigenvalue weighted by Crippen LogP contribution is -2.28. The van der Waals surface area contributed by atoms with Gasteiger partial charge in [-0.3, -0.25) is 9.36 Å². The molecule has 0 aliphatic heterocycles. The van der Waals surface area contributed by atoms with E-state index in [9.17, 15) is 4.79 Å². The molecule has 4 rings (SSSR count). The minimum atomic E-state index is -0.441. The van der Waals surface area contributed by atoms with Crippen molar-refractivity contribution in [2.75, 3.05) is 5.32 Å². The number of aryl methyl sites for hydroxylation is 1. The molecule has 2 N–H and O–H groups in total. The lowest BCUT2D eigenvalue weighted by Gasteiger charge is -2.13. The topological polar surface area (TPSA) is 84.2 Å². The predicted octanol–water partition coefficient (Wildman–Crippen LogP) is 5.86. The summed E-state index contributed by atoms with van der Waals surface area (Å²) >= 11 is 7.32. The molecule has 1 aromatic heterocycles. The summed E-state index contributed by atoms with van der Waals surface area (Å²) in [5, 5.41) is 17.3. The van der Waals surface area contributed by atoms with Crippen LogP contribution in [0.15, 0.2) is 89.1 Å². The zero-order valence-corrected chi connectivity index (χ0v) is 21.8. The number of anilines is 1. The molecule has 0 saturated heterocycles. The number of hydrazone groups is 1. The van der Waals surface area contributed by atoms with Gasteiger partial charge in [0.25, 0.3) is 5.91 Å². The van der Waals surface area contributed by atoms with Gasteiger partial charge in [0.2, 0.25) is 0 Å². The lowest BCUT2D eigenvalue weighted by molar-refractivity contribution is -0.120. The number of para-hydroxylation sites is 1. The lowest BCUT2D eigenvalue weighted by atomic mass is 10.1. The molecule has 0 unspecified atom stereocenters. The number of hydrogen-bond acceptors (Lipinski definition) is 6. The number of carbonyl (C=O) groups is 1. The summed E-state index contributed by atoms with van der Waals surface area (Å²) in [4.78, 5) is 12.8. The van der Waals surface area contributed by atoms with E-state index in [4.69, 9.17) is 11.6 Å². The summed E-state index contributed by atoms with van der Waals surface area (Å²) in [6.07, 6.45) is 0. The first kappa shape index (κ1) is 25.5. The fraction of sp³-hybridized carbons (Fsp3) is 0.185. The van der Waals surface area contributed by atoms with Crippen LogP contribution in [0.5, 0.6) is 0 Å². The van der Waals surface area contributed by atoms with Crippen LogP contribution in [0.3, 0.4) is 0 Å². The maximum Gasteiger partial charge on any atom is 0.253 e. The Kier molecular flexibility index (Phi) is 8.40. The molecule has 1 atom stereocenters. The summed E-state index contributed by atoms with van der Waals surface area (Å²) < 4.78 is 1.96. The van der Waals surface area contributed by atoms with Crippen LogP contribution >= 0.6 is 23.4 Å². The maximum atomic E-state index is 12.8. The Morgan fingerprint density at radius 2 is 1.72 bits per heavy atom. The monoisotopic (exact) mass is 518 g/mol. The van der Waals surface area contributed by atoms with Gasteiger partial charge in [-0.2, -0.15) is 5.10 Å². The van der Waals surface area contributed by atoms with Gasteiger partial charge in [-0.1, -0.05) is 71.4 Å². The maximum absolute atomic E-state index is 12.8. The van der Waals surface area contributed by atoms with Crippen LogP contribution in [0, 0.1) is 6.92 Å². The highest BCUT2D eigenvalue weighted by Crippen LogP contribution is 2.26. The Hall–Kier alpha value is -3.62. The molecule has 0 spiro atoms. The minimum absolute atomic E-state index is 0.213. The summed E-state index contributed by atoms with van der Waals surface area (Å²) in [5.41, 5.74) is 7.39. The first-order valence-corrected chi connectivity index (χ1v) is 12.7. The van der Waals surface area contributed by atoms with Crippen LogP contribution in [0.25, 0.3) is 5.69 Å². The van der Waals surface area contributed by atoms with Gasteiger partial charge in [-0.25, -0.2) is 5.43 Å². The molecular weight excluding hydrogens is 492 g/mol. The number of aromatic nitrogens is 3. The number of benzene rings is 3. The molecule has 4 aromatic rings. The van der Waals surface area contributed by atoms with E-state index in [1.165, 1.54) is 17.3 Å². The van der Waals surface area contributed by atoms with E-state index in [2.05, 4.69) is 26.0 Å². The molecule has 0 fully saturated rings. The van der Waals surface area contributed by atoms with Crippen molar-refractivity contribution in [3.8, 4) is 5.69 Å². The zero-order chi connectivity index (χ0) is 25.5. The number of halogens is 1. The van der Waals surface area contributed by atoms with Crippen LogP contribution in [0.4, 0.5) is 5.69 Å². The smallest absolute Gasteiger partial charge is 0.253 e. The highest BCUT2D eigenvalue weighted by Gasteiger charge is 2.21. The van der Waals surface area contributed by atoms with Crippen LogP contribution in [0.1, 0.15) is 30.8 Å². The average Bonchev–Trinajstić information content (AvgIpc) is 3.29. The third kappa shape index (κ3) is 6.53. The van der Waals surface area contributed by atoms with E-state index < -0.39 is 5.25 Å². The number of nitrogens with one attached hydrogen (secondary N) is 2. The van der Waals surface area contributed by atoms with E-state index in [-0.39, 0.29) is 5.91 Å². The first-order valence-electron chi connectivity index (χ1n) is 11.5. The third-order valence-corrected chi connectivity index (χ3v) is 6.76. The van der Waals surface area contributed by atoms with Crippen molar-refractivity contribution in [3.05, 3.63) is 101 Å². The highest BCUT2D eigenvalue weighted by molar-refractivity contribution is 8.00. The molecule has 0 aliphatic rings. The Bertz CT molecular complexity index is 1340. The summed E-state index contributed by atoms with van der Waals surface area (Å²) in [6, 6.07) is 25.3. The van der Waals surface area contributed by atoms with Crippen molar-refractivity contribution in [1.29, 1.82) is 0 Å². The molecule has 7 nitrogen and oxygen atoms in total. The molecule has 36 heavy (non-hydrogen) atoms. The van der Waals surface area contributed by atoms with Gasteiger partial charge in [0, 0.05) is 16.4 Å². The quantitative estimate of drug-likeness (QED) is 0.165. The summed E-state index contributed by atoms with van der Waals surface area (Å²) in [5.74, 6) is 0.509. The normalized spacial score (nSPS) is 12.3.